The minimum absolute atomic E-state index is 0.223. The first kappa shape index (κ1) is 17.7. The third-order valence-corrected chi connectivity index (χ3v) is 4.94. The number of aryl methyl sites for hydroxylation is 1. The van der Waals surface area contributed by atoms with Crippen LogP contribution in [0.2, 0.25) is 0 Å². The molecule has 4 heteroatoms. The zero-order valence-corrected chi connectivity index (χ0v) is 15.2. The van der Waals surface area contributed by atoms with E-state index < -0.39 is 0 Å². The van der Waals surface area contributed by atoms with Crippen molar-refractivity contribution in [1.82, 2.24) is 10.3 Å². The SMILES string of the molecule is Fc1ccc(-c2cncc(CCNC[C@H]3CCc4ccccc4O3)c2)cc1. The van der Waals surface area contributed by atoms with E-state index in [1.54, 1.807) is 12.1 Å². The van der Waals surface area contributed by atoms with Crippen molar-refractivity contribution >= 4 is 0 Å². The molecule has 2 aromatic carbocycles. The number of halogens is 1. The van der Waals surface area contributed by atoms with Crippen LogP contribution in [0.1, 0.15) is 17.5 Å². The van der Waals surface area contributed by atoms with Crippen molar-refractivity contribution in [3.63, 3.8) is 0 Å². The second kappa shape index (κ2) is 8.31. The Hall–Kier alpha value is -2.72. The Morgan fingerprint density at radius 1 is 1.04 bits per heavy atom. The average molecular weight is 362 g/mol. The monoisotopic (exact) mass is 362 g/mol. The molecule has 0 unspecified atom stereocenters. The first-order valence-corrected chi connectivity index (χ1v) is 9.43. The first-order chi connectivity index (χ1) is 13.3. The van der Waals surface area contributed by atoms with E-state index >= 15 is 0 Å². The summed E-state index contributed by atoms with van der Waals surface area (Å²) in [6.07, 6.45) is 6.95. The molecule has 4 rings (SSSR count). The van der Waals surface area contributed by atoms with Crippen LogP contribution in [0.4, 0.5) is 4.39 Å². The van der Waals surface area contributed by atoms with Gasteiger partial charge < -0.3 is 10.1 Å². The van der Waals surface area contributed by atoms with E-state index in [0.29, 0.717) is 0 Å². The molecule has 0 radical (unpaired) electrons. The molecule has 0 amide bonds. The quantitative estimate of drug-likeness (QED) is 0.660. The summed E-state index contributed by atoms with van der Waals surface area (Å²) in [6, 6.07) is 16.9. The molecule has 0 saturated carbocycles. The largest absolute Gasteiger partial charge is 0.489 e. The summed E-state index contributed by atoms with van der Waals surface area (Å²) in [7, 11) is 0. The van der Waals surface area contributed by atoms with Gasteiger partial charge in [0.05, 0.1) is 0 Å². The molecule has 2 heterocycles. The van der Waals surface area contributed by atoms with Crippen molar-refractivity contribution < 1.29 is 9.13 Å². The molecule has 0 spiro atoms. The van der Waals surface area contributed by atoms with Gasteiger partial charge in [0, 0.05) is 24.5 Å². The predicted molar refractivity (Wildman–Crippen MR) is 105 cm³/mol. The summed E-state index contributed by atoms with van der Waals surface area (Å²) in [6.45, 7) is 1.72. The molecule has 1 atom stereocenters. The van der Waals surface area contributed by atoms with Crippen LogP contribution in [0, 0.1) is 5.82 Å². The Balaban J connectivity index is 1.27. The number of para-hydroxylation sites is 1. The van der Waals surface area contributed by atoms with Gasteiger partial charge in [-0.25, -0.2) is 4.39 Å². The smallest absolute Gasteiger partial charge is 0.123 e. The summed E-state index contributed by atoms with van der Waals surface area (Å²) >= 11 is 0. The fraction of sp³-hybridized carbons (Fsp3) is 0.261. The lowest BCUT2D eigenvalue weighted by Crippen LogP contribution is -2.35. The summed E-state index contributed by atoms with van der Waals surface area (Å²) in [5, 5.41) is 3.50. The Labute approximate surface area is 159 Å². The molecule has 0 saturated heterocycles. The van der Waals surface area contributed by atoms with Crippen LogP contribution in [0.3, 0.4) is 0 Å². The third kappa shape index (κ3) is 4.52. The number of ether oxygens (including phenoxy) is 1. The van der Waals surface area contributed by atoms with Gasteiger partial charge in [0.25, 0.3) is 0 Å². The lowest BCUT2D eigenvalue weighted by molar-refractivity contribution is 0.171. The van der Waals surface area contributed by atoms with E-state index in [-0.39, 0.29) is 11.9 Å². The second-order valence-corrected chi connectivity index (χ2v) is 6.93. The van der Waals surface area contributed by atoms with Crippen LogP contribution in [-0.2, 0) is 12.8 Å². The number of hydrogen-bond donors (Lipinski definition) is 1. The Morgan fingerprint density at radius 3 is 2.78 bits per heavy atom. The van der Waals surface area contributed by atoms with E-state index in [9.17, 15) is 4.39 Å². The number of benzene rings is 2. The van der Waals surface area contributed by atoms with Gasteiger partial charge >= 0.3 is 0 Å². The molecule has 1 aromatic heterocycles. The highest BCUT2D eigenvalue weighted by Crippen LogP contribution is 2.26. The maximum absolute atomic E-state index is 13.1. The van der Waals surface area contributed by atoms with Gasteiger partial charge in [-0.05, 0) is 66.8 Å². The zero-order valence-electron chi connectivity index (χ0n) is 15.2. The molecule has 3 nitrogen and oxygen atoms in total. The molecule has 3 aromatic rings. The molecule has 0 bridgehead atoms. The maximum atomic E-state index is 13.1. The molecule has 1 aliphatic rings. The van der Waals surface area contributed by atoms with Crippen LogP contribution in [-0.4, -0.2) is 24.2 Å². The maximum Gasteiger partial charge on any atom is 0.123 e. The molecule has 1 aliphatic heterocycles. The predicted octanol–water partition coefficient (Wildman–Crippen LogP) is 4.41. The Kier molecular flexibility index (Phi) is 5.45. The number of nitrogens with one attached hydrogen (secondary N) is 1. The highest BCUT2D eigenvalue weighted by atomic mass is 19.1. The molecular formula is C23H23FN2O. The van der Waals surface area contributed by atoms with E-state index in [1.165, 1.54) is 23.3 Å². The van der Waals surface area contributed by atoms with Crippen molar-refractivity contribution in [2.24, 2.45) is 0 Å². The number of pyridine rings is 1. The van der Waals surface area contributed by atoms with Crippen molar-refractivity contribution in [2.45, 2.75) is 25.4 Å². The van der Waals surface area contributed by atoms with E-state index in [1.807, 2.05) is 24.5 Å². The summed E-state index contributed by atoms with van der Waals surface area (Å²) in [5.74, 6) is 0.798. The van der Waals surface area contributed by atoms with Gasteiger partial charge in [-0.3, -0.25) is 4.98 Å². The number of fused-ring (bicyclic) bond motifs is 1. The number of nitrogens with zero attached hydrogens (tertiary/aromatic N) is 1. The zero-order chi connectivity index (χ0) is 18.5. The van der Waals surface area contributed by atoms with Gasteiger partial charge in [0.2, 0.25) is 0 Å². The molecule has 1 N–H and O–H groups in total. The second-order valence-electron chi connectivity index (χ2n) is 6.93. The minimum Gasteiger partial charge on any atom is -0.489 e. The van der Waals surface area contributed by atoms with Crippen molar-refractivity contribution in [2.75, 3.05) is 13.1 Å². The van der Waals surface area contributed by atoms with Crippen molar-refractivity contribution in [3.8, 4) is 16.9 Å². The van der Waals surface area contributed by atoms with E-state index in [4.69, 9.17) is 4.74 Å². The normalized spacial score (nSPS) is 15.8. The average Bonchev–Trinajstić information content (AvgIpc) is 2.72. The highest BCUT2D eigenvalue weighted by molar-refractivity contribution is 5.62. The fourth-order valence-electron chi connectivity index (χ4n) is 3.44. The topological polar surface area (TPSA) is 34.2 Å². The number of hydrogen-bond acceptors (Lipinski definition) is 3. The van der Waals surface area contributed by atoms with E-state index in [0.717, 1.165) is 49.2 Å². The standard InChI is InChI=1S/C23H23FN2O/c24-21-8-5-18(6-9-21)20-13-17(14-26-15-20)11-12-25-16-22-10-7-19-3-1-2-4-23(19)27-22/h1-6,8-9,13-15,22,25H,7,10-12,16H2/t22-/m1/s1. The first-order valence-electron chi connectivity index (χ1n) is 9.43. The van der Waals surface area contributed by atoms with Crippen molar-refractivity contribution in [1.29, 1.82) is 0 Å². The van der Waals surface area contributed by atoms with Gasteiger partial charge in [-0.2, -0.15) is 0 Å². The Morgan fingerprint density at radius 2 is 1.89 bits per heavy atom. The van der Waals surface area contributed by atoms with Gasteiger partial charge in [-0.1, -0.05) is 30.3 Å². The molecule has 27 heavy (non-hydrogen) atoms. The number of rotatable bonds is 6. The molecule has 0 aliphatic carbocycles. The van der Waals surface area contributed by atoms with Crippen LogP contribution in [0.25, 0.3) is 11.1 Å². The fourth-order valence-corrected chi connectivity index (χ4v) is 3.44. The number of aromatic nitrogens is 1. The van der Waals surface area contributed by atoms with E-state index in [2.05, 4.69) is 28.5 Å². The van der Waals surface area contributed by atoms with Crippen molar-refractivity contribution in [3.05, 3.63) is 83.9 Å². The van der Waals surface area contributed by atoms with Crippen LogP contribution >= 0.6 is 0 Å². The molecule has 0 fully saturated rings. The van der Waals surface area contributed by atoms with Crippen LogP contribution in [0.15, 0.2) is 67.0 Å². The molecule has 138 valence electrons. The third-order valence-electron chi connectivity index (χ3n) is 4.94. The molecular weight excluding hydrogens is 339 g/mol. The highest BCUT2D eigenvalue weighted by Gasteiger charge is 2.18. The summed E-state index contributed by atoms with van der Waals surface area (Å²) < 4.78 is 19.2. The Bertz CT molecular complexity index is 895. The summed E-state index contributed by atoms with van der Waals surface area (Å²) in [5.41, 5.74) is 4.46. The summed E-state index contributed by atoms with van der Waals surface area (Å²) in [4.78, 5) is 4.33. The van der Waals surface area contributed by atoms with Gasteiger partial charge in [0.1, 0.15) is 17.7 Å². The van der Waals surface area contributed by atoms with Crippen LogP contribution in [0.5, 0.6) is 5.75 Å². The lowest BCUT2D eigenvalue weighted by atomic mass is 10.0. The van der Waals surface area contributed by atoms with Crippen LogP contribution < -0.4 is 10.1 Å². The lowest BCUT2D eigenvalue weighted by Gasteiger charge is -2.26. The van der Waals surface area contributed by atoms with Gasteiger partial charge in [-0.15, -0.1) is 0 Å². The minimum atomic E-state index is -0.223. The van der Waals surface area contributed by atoms with Gasteiger partial charge in [0.15, 0.2) is 0 Å².